The number of nitro benzene ring substituents is 2. The van der Waals surface area contributed by atoms with Gasteiger partial charge in [-0.25, -0.2) is 0 Å². The van der Waals surface area contributed by atoms with Gasteiger partial charge in [-0.1, -0.05) is 0 Å². The Labute approximate surface area is 145 Å². The Morgan fingerprint density at radius 3 is 2.65 bits per heavy atom. The van der Waals surface area contributed by atoms with E-state index >= 15 is 0 Å². The van der Waals surface area contributed by atoms with Crippen molar-refractivity contribution in [2.24, 2.45) is 5.10 Å². The molecule has 1 aliphatic heterocycles. The van der Waals surface area contributed by atoms with Gasteiger partial charge in [-0.3, -0.25) is 25.7 Å². The lowest BCUT2D eigenvalue weighted by molar-refractivity contribution is -0.393. The van der Waals surface area contributed by atoms with Crippen molar-refractivity contribution in [2.75, 3.05) is 19.1 Å². The molecule has 1 aromatic carbocycles. The quantitative estimate of drug-likeness (QED) is 0.284. The van der Waals surface area contributed by atoms with E-state index in [0.29, 0.717) is 0 Å². The maximum Gasteiger partial charge on any atom is 0.301 e. The van der Waals surface area contributed by atoms with Crippen LogP contribution in [0.15, 0.2) is 23.3 Å². The van der Waals surface area contributed by atoms with Gasteiger partial charge >= 0.3 is 5.69 Å². The maximum atomic E-state index is 11.0. The van der Waals surface area contributed by atoms with Gasteiger partial charge in [0.05, 0.1) is 28.7 Å². The Kier molecular flexibility index (Phi) is 5.79. The Hall–Kier alpha value is -2.71. The molecule has 1 aliphatic rings. The molecule has 26 heavy (non-hydrogen) atoms. The van der Waals surface area contributed by atoms with E-state index in [-0.39, 0.29) is 12.3 Å². The van der Waals surface area contributed by atoms with Crippen LogP contribution in [0.4, 0.5) is 17.1 Å². The van der Waals surface area contributed by atoms with Crippen molar-refractivity contribution in [1.82, 2.24) is 0 Å². The number of hydrogen-bond donors (Lipinski definition) is 4. The molecule has 0 amide bonds. The number of aliphatic hydroxyl groups is 3. The molecule has 2 rings (SSSR count). The summed E-state index contributed by atoms with van der Waals surface area (Å²) in [6.45, 7) is -0.281. The highest BCUT2D eigenvalue weighted by atomic mass is 16.7. The molecule has 0 spiro atoms. The highest BCUT2D eigenvalue weighted by Crippen LogP contribution is 2.29. The molecule has 4 N–H and O–H groups in total. The molecule has 13 heteroatoms. The van der Waals surface area contributed by atoms with Crippen LogP contribution in [0.2, 0.25) is 0 Å². The molecule has 1 saturated heterocycles. The van der Waals surface area contributed by atoms with Crippen LogP contribution in [-0.4, -0.2) is 69.2 Å². The standard InChI is InChI=1S/C13H16N4O9/c1-25-12-13(20,11(19)10(18)5-26-12)6-14-15-8-3-2-7(16(21)22)4-9(8)17(23)24/h2-4,6,10-12,15,18-20H,5H2,1H3/t10-,11-,12-,13-/m0/s1. The van der Waals surface area contributed by atoms with Gasteiger partial charge in [0, 0.05) is 13.2 Å². The second-order valence-electron chi connectivity index (χ2n) is 5.39. The normalized spacial score (nSPS) is 28.8. The van der Waals surface area contributed by atoms with E-state index in [1.165, 1.54) is 7.11 Å². The third-order valence-electron chi connectivity index (χ3n) is 3.69. The molecule has 13 nitrogen and oxygen atoms in total. The number of ether oxygens (including phenoxy) is 2. The molecule has 0 radical (unpaired) electrons. The molecule has 4 atom stereocenters. The van der Waals surface area contributed by atoms with Crippen LogP contribution < -0.4 is 5.43 Å². The lowest BCUT2D eigenvalue weighted by Crippen LogP contribution is -2.64. The first kappa shape index (κ1) is 19.6. The molecule has 0 unspecified atom stereocenters. The number of benzene rings is 1. The van der Waals surface area contributed by atoms with E-state index in [2.05, 4.69) is 10.5 Å². The summed E-state index contributed by atoms with van der Waals surface area (Å²) in [4.78, 5) is 20.1. The van der Waals surface area contributed by atoms with E-state index in [0.717, 1.165) is 24.4 Å². The van der Waals surface area contributed by atoms with Gasteiger partial charge in [-0.2, -0.15) is 5.10 Å². The minimum Gasteiger partial charge on any atom is -0.388 e. The summed E-state index contributed by atoms with van der Waals surface area (Å²) in [5, 5.41) is 55.4. The van der Waals surface area contributed by atoms with Gasteiger partial charge in [0.1, 0.15) is 17.9 Å². The number of nitro groups is 2. The van der Waals surface area contributed by atoms with Crippen molar-refractivity contribution in [3.05, 3.63) is 38.4 Å². The van der Waals surface area contributed by atoms with E-state index < -0.39 is 45.3 Å². The monoisotopic (exact) mass is 372 g/mol. The summed E-state index contributed by atoms with van der Waals surface area (Å²) in [6.07, 6.45) is -3.69. The van der Waals surface area contributed by atoms with Crippen molar-refractivity contribution in [2.45, 2.75) is 24.1 Å². The van der Waals surface area contributed by atoms with Crippen LogP contribution >= 0.6 is 0 Å². The molecular weight excluding hydrogens is 356 g/mol. The first-order chi connectivity index (χ1) is 12.2. The Morgan fingerprint density at radius 1 is 1.38 bits per heavy atom. The number of nitrogens with zero attached hydrogens (tertiary/aromatic N) is 3. The van der Waals surface area contributed by atoms with Crippen LogP contribution in [-0.2, 0) is 9.47 Å². The highest BCUT2D eigenvalue weighted by molar-refractivity contribution is 5.73. The van der Waals surface area contributed by atoms with Crippen molar-refractivity contribution in [3.8, 4) is 0 Å². The number of hydrogen-bond acceptors (Lipinski definition) is 11. The number of methoxy groups -OCH3 is 1. The molecule has 1 fully saturated rings. The van der Waals surface area contributed by atoms with Crippen LogP contribution in [0, 0.1) is 20.2 Å². The summed E-state index contributed by atoms with van der Waals surface area (Å²) in [6, 6.07) is 2.83. The van der Waals surface area contributed by atoms with Gasteiger partial charge in [0.25, 0.3) is 5.69 Å². The molecule has 0 aromatic heterocycles. The summed E-state index contributed by atoms with van der Waals surface area (Å²) >= 11 is 0. The van der Waals surface area contributed by atoms with E-state index in [1.54, 1.807) is 0 Å². The van der Waals surface area contributed by atoms with Crippen LogP contribution in [0.1, 0.15) is 0 Å². The average molecular weight is 372 g/mol. The molecule has 1 heterocycles. The van der Waals surface area contributed by atoms with E-state index in [4.69, 9.17) is 9.47 Å². The number of rotatable bonds is 6. The molecule has 142 valence electrons. The first-order valence-electron chi connectivity index (χ1n) is 7.16. The summed E-state index contributed by atoms with van der Waals surface area (Å²) in [5.74, 6) is 0. The lowest BCUT2D eigenvalue weighted by atomic mass is 9.91. The number of nitrogens with one attached hydrogen (secondary N) is 1. The molecular formula is C13H16N4O9. The van der Waals surface area contributed by atoms with Crippen molar-refractivity contribution < 1.29 is 34.6 Å². The fourth-order valence-electron chi connectivity index (χ4n) is 2.34. The minimum atomic E-state index is -2.24. The zero-order chi connectivity index (χ0) is 19.5. The second kappa shape index (κ2) is 7.67. The van der Waals surface area contributed by atoms with Gasteiger partial charge in [-0.05, 0) is 6.07 Å². The Morgan fingerprint density at radius 2 is 2.08 bits per heavy atom. The predicted molar refractivity (Wildman–Crippen MR) is 85.6 cm³/mol. The summed E-state index contributed by atoms with van der Waals surface area (Å²) < 4.78 is 9.93. The third-order valence-corrected chi connectivity index (χ3v) is 3.69. The van der Waals surface area contributed by atoms with Gasteiger partial charge in [0.15, 0.2) is 11.9 Å². The van der Waals surface area contributed by atoms with Crippen LogP contribution in [0.25, 0.3) is 0 Å². The third kappa shape index (κ3) is 3.76. The Bertz CT molecular complexity index is 724. The lowest BCUT2D eigenvalue weighted by Gasteiger charge is -2.41. The molecule has 0 saturated carbocycles. The highest BCUT2D eigenvalue weighted by Gasteiger charge is 2.51. The molecule has 0 bridgehead atoms. The van der Waals surface area contributed by atoms with Crippen LogP contribution in [0.3, 0.4) is 0 Å². The number of anilines is 1. The minimum absolute atomic E-state index is 0.193. The maximum absolute atomic E-state index is 11.0. The zero-order valence-electron chi connectivity index (χ0n) is 13.4. The number of aliphatic hydroxyl groups excluding tert-OH is 2. The van der Waals surface area contributed by atoms with Crippen molar-refractivity contribution in [1.29, 1.82) is 0 Å². The SMILES string of the molecule is CO[C@H]1OC[C@H](O)[C@H](O)[C@@]1(O)C=NNc1ccc([N+](=O)[O-])cc1[N+](=O)[O-]. The number of non-ortho nitro benzene ring substituents is 1. The fraction of sp³-hybridized carbons (Fsp3) is 0.462. The topological polar surface area (TPSA) is 190 Å². The van der Waals surface area contributed by atoms with E-state index in [9.17, 15) is 35.5 Å². The average Bonchev–Trinajstić information content (AvgIpc) is 2.60. The van der Waals surface area contributed by atoms with Gasteiger partial charge in [-0.15, -0.1) is 0 Å². The fourth-order valence-corrected chi connectivity index (χ4v) is 2.34. The van der Waals surface area contributed by atoms with Gasteiger partial charge in [0.2, 0.25) is 0 Å². The van der Waals surface area contributed by atoms with Crippen LogP contribution in [0.5, 0.6) is 0 Å². The predicted octanol–water partition coefficient (Wildman–Crippen LogP) is -0.644. The van der Waals surface area contributed by atoms with Crippen molar-refractivity contribution >= 4 is 23.3 Å². The Balaban J connectivity index is 2.26. The first-order valence-corrected chi connectivity index (χ1v) is 7.16. The molecule has 1 aromatic rings. The van der Waals surface area contributed by atoms with Gasteiger partial charge < -0.3 is 24.8 Å². The zero-order valence-corrected chi connectivity index (χ0v) is 13.4. The number of hydrazone groups is 1. The molecule has 0 aliphatic carbocycles. The van der Waals surface area contributed by atoms with E-state index in [1.807, 2.05) is 0 Å². The largest absolute Gasteiger partial charge is 0.388 e. The summed E-state index contributed by atoms with van der Waals surface area (Å²) in [7, 11) is 1.20. The van der Waals surface area contributed by atoms with Crippen molar-refractivity contribution in [3.63, 3.8) is 0 Å². The summed E-state index contributed by atoms with van der Waals surface area (Å²) in [5.41, 5.74) is -1.28. The second-order valence-corrected chi connectivity index (χ2v) is 5.39. The smallest absolute Gasteiger partial charge is 0.301 e.